The maximum Gasteiger partial charge on any atom is 0.221 e. The number of halogens is 1. The average molecular weight is 342 g/mol. The maximum absolute atomic E-state index is 12.5. The van der Waals surface area contributed by atoms with Gasteiger partial charge in [-0.15, -0.1) is 0 Å². The van der Waals surface area contributed by atoms with Crippen molar-refractivity contribution in [3.05, 3.63) is 40.7 Å². The molecule has 2 aromatic rings. The Balaban J connectivity index is 2.27. The third kappa shape index (κ3) is 3.48. The molecule has 0 aliphatic rings. The van der Waals surface area contributed by atoms with Crippen LogP contribution in [0.1, 0.15) is 18.2 Å². The number of hydrogen-bond acceptors (Lipinski definition) is 4. The molecule has 0 aliphatic carbocycles. The minimum Gasteiger partial charge on any atom is -0.326 e. The van der Waals surface area contributed by atoms with Crippen molar-refractivity contribution in [1.29, 1.82) is 0 Å². The molecule has 1 amide bonds. The average Bonchev–Trinajstić information content (AvgIpc) is 2.65. The summed E-state index contributed by atoms with van der Waals surface area (Å²) in [4.78, 5) is 11.0. The number of benzene rings is 1. The van der Waals surface area contributed by atoms with Crippen LogP contribution >= 0.6 is 11.6 Å². The van der Waals surface area contributed by atoms with Gasteiger partial charge in [-0.25, -0.2) is 8.42 Å². The zero-order valence-corrected chi connectivity index (χ0v) is 14.0. The number of nitrogens with zero attached hydrogens (tertiary/aromatic N) is 2. The van der Waals surface area contributed by atoms with Gasteiger partial charge in [-0.2, -0.15) is 5.10 Å². The summed E-state index contributed by atoms with van der Waals surface area (Å²) >= 11 is 6.02. The van der Waals surface area contributed by atoms with Gasteiger partial charge in [-0.1, -0.05) is 23.7 Å². The zero-order valence-electron chi connectivity index (χ0n) is 12.4. The zero-order chi connectivity index (χ0) is 16.5. The molecule has 0 saturated carbocycles. The minimum absolute atomic E-state index is 0.0580. The van der Waals surface area contributed by atoms with Crippen LogP contribution in [0.3, 0.4) is 0 Å². The first-order valence-electron chi connectivity index (χ1n) is 6.49. The SMILES string of the molecule is CC(=O)Nc1ccc(CS(=O)(=O)c2c(C)nn(C)c2Cl)cc1. The normalized spacial score (nSPS) is 11.5. The van der Waals surface area contributed by atoms with Crippen LogP contribution in [-0.2, 0) is 27.4 Å². The van der Waals surface area contributed by atoms with Crippen LogP contribution in [0.2, 0.25) is 5.15 Å². The van der Waals surface area contributed by atoms with E-state index in [1.807, 2.05) is 0 Å². The van der Waals surface area contributed by atoms with E-state index in [0.29, 0.717) is 16.9 Å². The van der Waals surface area contributed by atoms with Crippen LogP contribution in [0.4, 0.5) is 5.69 Å². The molecule has 1 aromatic carbocycles. The van der Waals surface area contributed by atoms with E-state index >= 15 is 0 Å². The number of aromatic nitrogens is 2. The predicted octanol–water partition coefficient (Wildman–Crippen LogP) is 2.31. The van der Waals surface area contributed by atoms with E-state index in [0.717, 1.165) is 0 Å². The number of carbonyl (C=O) groups excluding carboxylic acids is 1. The quantitative estimate of drug-likeness (QED) is 0.925. The van der Waals surface area contributed by atoms with Gasteiger partial charge in [0.2, 0.25) is 5.91 Å². The third-order valence-corrected chi connectivity index (χ3v) is 5.41. The molecule has 8 heteroatoms. The predicted molar refractivity (Wildman–Crippen MR) is 84.6 cm³/mol. The van der Waals surface area contributed by atoms with Gasteiger partial charge in [0, 0.05) is 19.7 Å². The van der Waals surface area contributed by atoms with Crippen molar-refractivity contribution in [3.8, 4) is 0 Å². The Hall–Kier alpha value is -1.86. The lowest BCUT2D eigenvalue weighted by atomic mass is 10.2. The van der Waals surface area contributed by atoms with Crippen molar-refractivity contribution < 1.29 is 13.2 Å². The van der Waals surface area contributed by atoms with Crippen molar-refractivity contribution >= 4 is 33.0 Å². The number of hydrogen-bond donors (Lipinski definition) is 1. The van der Waals surface area contributed by atoms with Crippen LogP contribution in [0.15, 0.2) is 29.2 Å². The topological polar surface area (TPSA) is 81.1 Å². The van der Waals surface area contributed by atoms with E-state index in [4.69, 9.17) is 11.6 Å². The molecule has 2 rings (SSSR count). The number of anilines is 1. The van der Waals surface area contributed by atoms with Crippen molar-refractivity contribution in [2.75, 3.05) is 5.32 Å². The smallest absolute Gasteiger partial charge is 0.221 e. The largest absolute Gasteiger partial charge is 0.326 e. The number of carbonyl (C=O) groups is 1. The van der Waals surface area contributed by atoms with Crippen LogP contribution in [0.25, 0.3) is 0 Å². The molecule has 1 N–H and O–H groups in total. The number of sulfone groups is 1. The molecule has 1 aromatic heterocycles. The van der Waals surface area contributed by atoms with E-state index in [2.05, 4.69) is 10.4 Å². The first-order chi connectivity index (χ1) is 10.2. The third-order valence-electron chi connectivity index (χ3n) is 3.04. The van der Waals surface area contributed by atoms with Crippen molar-refractivity contribution in [3.63, 3.8) is 0 Å². The van der Waals surface area contributed by atoms with E-state index < -0.39 is 9.84 Å². The highest BCUT2D eigenvalue weighted by atomic mass is 35.5. The summed E-state index contributed by atoms with van der Waals surface area (Å²) in [6.07, 6.45) is 0. The van der Waals surface area contributed by atoms with Crippen molar-refractivity contribution in [1.82, 2.24) is 9.78 Å². The second-order valence-electron chi connectivity index (χ2n) is 4.97. The highest BCUT2D eigenvalue weighted by Gasteiger charge is 2.25. The molecule has 0 saturated heterocycles. The summed E-state index contributed by atoms with van der Waals surface area (Å²) in [5.41, 5.74) is 1.60. The Labute approximate surface area is 134 Å². The first kappa shape index (κ1) is 16.5. The summed E-state index contributed by atoms with van der Waals surface area (Å²) in [5, 5.41) is 6.75. The Morgan fingerprint density at radius 1 is 1.32 bits per heavy atom. The van der Waals surface area contributed by atoms with Gasteiger partial charge in [0.05, 0.1) is 11.4 Å². The number of aryl methyl sites for hydroxylation is 2. The lowest BCUT2D eigenvalue weighted by Crippen LogP contribution is -2.08. The summed E-state index contributed by atoms with van der Waals surface area (Å²) in [6, 6.07) is 6.62. The fourth-order valence-corrected chi connectivity index (χ4v) is 4.33. The summed E-state index contributed by atoms with van der Waals surface area (Å²) in [7, 11) is -2.00. The van der Waals surface area contributed by atoms with Gasteiger partial charge in [0.1, 0.15) is 10.0 Å². The molecule has 22 heavy (non-hydrogen) atoms. The van der Waals surface area contributed by atoms with Gasteiger partial charge in [-0.05, 0) is 24.6 Å². The highest BCUT2D eigenvalue weighted by molar-refractivity contribution is 7.90. The van der Waals surface area contributed by atoms with Gasteiger partial charge in [0.25, 0.3) is 0 Å². The summed E-state index contributed by atoms with van der Waals surface area (Å²) < 4.78 is 26.4. The fraction of sp³-hybridized carbons (Fsp3) is 0.286. The van der Waals surface area contributed by atoms with E-state index in [1.165, 1.54) is 11.6 Å². The summed E-state index contributed by atoms with van der Waals surface area (Å²) in [5.74, 6) is -0.363. The molecule has 6 nitrogen and oxygen atoms in total. The monoisotopic (exact) mass is 341 g/mol. The summed E-state index contributed by atoms with van der Waals surface area (Å²) in [6.45, 7) is 3.02. The second kappa shape index (κ2) is 6.10. The molecule has 0 spiro atoms. The van der Waals surface area contributed by atoms with Crippen LogP contribution in [0, 0.1) is 6.92 Å². The molecule has 118 valence electrons. The molecule has 0 aliphatic heterocycles. The number of nitrogens with one attached hydrogen (secondary N) is 1. The van der Waals surface area contributed by atoms with Crippen molar-refractivity contribution in [2.24, 2.45) is 7.05 Å². The second-order valence-corrected chi connectivity index (χ2v) is 7.25. The van der Waals surface area contributed by atoms with Crippen LogP contribution in [0.5, 0.6) is 0 Å². The van der Waals surface area contributed by atoms with E-state index in [-0.39, 0.29) is 21.7 Å². The van der Waals surface area contributed by atoms with Gasteiger partial charge in [-0.3, -0.25) is 9.48 Å². The van der Waals surface area contributed by atoms with Crippen LogP contribution < -0.4 is 5.32 Å². The minimum atomic E-state index is -3.59. The molecular weight excluding hydrogens is 326 g/mol. The Kier molecular flexibility index (Phi) is 4.58. The number of rotatable bonds is 4. The maximum atomic E-state index is 12.5. The van der Waals surface area contributed by atoms with Gasteiger partial charge in [0.15, 0.2) is 9.84 Å². The molecule has 0 radical (unpaired) electrons. The molecular formula is C14H16ClN3O3S. The standard InChI is InChI=1S/C14H16ClN3O3S/c1-9-13(14(15)18(3)17-9)22(20,21)8-11-4-6-12(7-5-11)16-10(2)19/h4-7H,8H2,1-3H3,(H,16,19). The Morgan fingerprint density at radius 2 is 1.91 bits per heavy atom. The van der Waals surface area contributed by atoms with Gasteiger partial charge < -0.3 is 5.32 Å². The highest BCUT2D eigenvalue weighted by Crippen LogP contribution is 2.27. The van der Waals surface area contributed by atoms with Crippen molar-refractivity contribution in [2.45, 2.75) is 24.5 Å². The molecule has 0 unspecified atom stereocenters. The molecule has 0 atom stereocenters. The van der Waals surface area contributed by atoms with Crippen LogP contribution in [-0.4, -0.2) is 24.1 Å². The van der Waals surface area contributed by atoms with Gasteiger partial charge >= 0.3 is 0 Å². The lowest BCUT2D eigenvalue weighted by Gasteiger charge is -2.06. The Bertz CT molecular complexity index is 811. The molecule has 1 heterocycles. The Morgan fingerprint density at radius 3 is 2.36 bits per heavy atom. The lowest BCUT2D eigenvalue weighted by molar-refractivity contribution is -0.114. The van der Waals surface area contributed by atoms with E-state index in [1.54, 1.807) is 38.2 Å². The fourth-order valence-electron chi connectivity index (χ4n) is 2.14. The first-order valence-corrected chi connectivity index (χ1v) is 8.52. The number of amides is 1. The van der Waals surface area contributed by atoms with E-state index in [9.17, 15) is 13.2 Å². The molecule has 0 fully saturated rings. The molecule has 0 bridgehead atoms.